The van der Waals surface area contributed by atoms with Crippen LogP contribution in [0.3, 0.4) is 0 Å². The average Bonchev–Trinajstić information content (AvgIpc) is 2.48. The zero-order valence-corrected chi connectivity index (χ0v) is 13.1. The molecule has 0 unspecified atom stereocenters. The number of hydrogen-bond acceptors (Lipinski definition) is 2. The standard InChI is InChI=1S/C18H19ClO2/c1-13(2)15-6-3-14(4-7-15)5-12-18(20)21-17-10-8-16(19)9-11-17/h3-4,6-11,13H,5,12H2,1-2H3. The summed E-state index contributed by atoms with van der Waals surface area (Å²) in [5.41, 5.74) is 2.45. The van der Waals surface area contributed by atoms with Crippen molar-refractivity contribution in [3.05, 3.63) is 64.7 Å². The largest absolute Gasteiger partial charge is 0.427 e. The number of rotatable bonds is 5. The summed E-state index contributed by atoms with van der Waals surface area (Å²) in [7, 11) is 0. The summed E-state index contributed by atoms with van der Waals surface area (Å²) in [4.78, 5) is 11.8. The van der Waals surface area contributed by atoms with E-state index in [1.54, 1.807) is 24.3 Å². The molecule has 2 aromatic rings. The number of carbonyl (C=O) groups is 1. The van der Waals surface area contributed by atoms with E-state index in [1.807, 2.05) is 0 Å². The number of hydrogen-bond donors (Lipinski definition) is 0. The maximum atomic E-state index is 11.8. The Balaban J connectivity index is 1.84. The highest BCUT2D eigenvalue weighted by molar-refractivity contribution is 6.30. The van der Waals surface area contributed by atoms with Gasteiger partial charge in [0.2, 0.25) is 0 Å². The molecule has 0 amide bonds. The Morgan fingerprint density at radius 2 is 1.67 bits per heavy atom. The molecule has 2 rings (SSSR count). The molecule has 0 aromatic heterocycles. The van der Waals surface area contributed by atoms with Crippen LogP contribution in [0.15, 0.2) is 48.5 Å². The van der Waals surface area contributed by atoms with E-state index in [1.165, 1.54) is 5.56 Å². The smallest absolute Gasteiger partial charge is 0.311 e. The lowest BCUT2D eigenvalue weighted by Crippen LogP contribution is -2.09. The van der Waals surface area contributed by atoms with Crippen LogP contribution in [0.25, 0.3) is 0 Å². The van der Waals surface area contributed by atoms with Crippen LogP contribution in [0.5, 0.6) is 5.75 Å². The van der Waals surface area contributed by atoms with Crippen LogP contribution < -0.4 is 4.74 Å². The van der Waals surface area contributed by atoms with Crippen LogP contribution in [0.1, 0.15) is 37.3 Å². The molecule has 2 aromatic carbocycles. The molecule has 2 nitrogen and oxygen atoms in total. The van der Waals surface area contributed by atoms with Gasteiger partial charge in [0, 0.05) is 11.4 Å². The van der Waals surface area contributed by atoms with Crippen LogP contribution in [0, 0.1) is 0 Å². The molecule has 0 aliphatic heterocycles. The molecule has 0 atom stereocenters. The second-order valence-corrected chi connectivity index (χ2v) is 5.76. The molecule has 3 heteroatoms. The van der Waals surface area contributed by atoms with Crippen molar-refractivity contribution in [2.24, 2.45) is 0 Å². The van der Waals surface area contributed by atoms with E-state index in [4.69, 9.17) is 16.3 Å². The quantitative estimate of drug-likeness (QED) is 0.574. The summed E-state index contributed by atoms with van der Waals surface area (Å²) < 4.78 is 5.26. The topological polar surface area (TPSA) is 26.3 Å². The first-order valence-corrected chi connectivity index (χ1v) is 7.47. The van der Waals surface area contributed by atoms with Crippen molar-refractivity contribution in [2.45, 2.75) is 32.6 Å². The number of carbonyl (C=O) groups excluding carboxylic acids is 1. The van der Waals surface area contributed by atoms with Crippen molar-refractivity contribution in [1.29, 1.82) is 0 Å². The Labute approximate surface area is 130 Å². The Morgan fingerprint density at radius 3 is 2.24 bits per heavy atom. The molecular weight excluding hydrogens is 284 g/mol. The molecule has 0 saturated heterocycles. The first-order chi connectivity index (χ1) is 10.0. The van der Waals surface area contributed by atoms with Gasteiger partial charge in [-0.3, -0.25) is 4.79 Å². The van der Waals surface area contributed by atoms with Crippen molar-refractivity contribution in [2.75, 3.05) is 0 Å². The average molecular weight is 303 g/mol. The summed E-state index contributed by atoms with van der Waals surface area (Å²) >= 11 is 5.78. The fourth-order valence-corrected chi connectivity index (χ4v) is 2.13. The van der Waals surface area contributed by atoms with Crippen LogP contribution in [-0.2, 0) is 11.2 Å². The zero-order chi connectivity index (χ0) is 15.2. The second-order valence-electron chi connectivity index (χ2n) is 5.32. The van der Waals surface area contributed by atoms with Gasteiger partial charge >= 0.3 is 5.97 Å². The van der Waals surface area contributed by atoms with E-state index in [-0.39, 0.29) is 5.97 Å². The first-order valence-electron chi connectivity index (χ1n) is 7.09. The fourth-order valence-electron chi connectivity index (χ4n) is 2.00. The Hall–Kier alpha value is -1.80. The minimum atomic E-state index is -0.231. The van der Waals surface area contributed by atoms with Gasteiger partial charge in [0.1, 0.15) is 5.75 Å². The van der Waals surface area contributed by atoms with E-state index in [0.717, 1.165) is 5.56 Å². The SMILES string of the molecule is CC(C)c1ccc(CCC(=O)Oc2ccc(Cl)cc2)cc1. The monoisotopic (exact) mass is 302 g/mol. The van der Waals surface area contributed by atoms with Gasteiger partial charge in [-0.1, -0.05) is 49.7 Å². The third-order valence-electron chi connectivity index (χ3n) is 3.31. The lowest BCUT2D eigenvalue weighted by atomic mass is 10.0. The summed E-state index contributed by atoms with van der Waals surface area (Å²) in [6.45, 7) is 4.33. The minimum absolute atomic E-state index is 0.231. The third kappa shape index (κ3) is 4.91. The van der Waals surface area contributed by atoms with Gasteiger partial charge < -0.3 is 4.74 Å². The van der Waals surface area contributed by atoms with Crippen LogP contribution in [0.2, 0.25) is 5.02 Å². The second kappa shape index (κ2) is 7.28. The maximum Gasteiger partial charge on any atom is 0.311 e. The van der Waals surface area contributed by atoms with Gasteiger partial charge in [-0.2, -0.15) is 0 Å². The van der Waals surface area contributed by atoms with Gasteiger partial charge in [-0.15, -0.1) is 0 Å². The van der Waals surface area contributed by atoms with Crippen LogP contribution in [-0.4, -0.2) is 5.97 Å². The van der Waals surface area contributed by atoms with E-state index in [9.17, 15) is 4.79 Å². The number of benzene rings is 2. The Bertz CT molecular complexity index is 586. The number of halogens is 1. The number of ether oxygens (including phenoxy) is 1. The summed E-state index contributed by atoms with van der Waals surface area (Å²) in [5.74, 6) is 0.818. The minimum Gasteiger partial charge on any atom is -0.427 e. The molecule has 110 valence electrons. The fraction of sp³-hybridized carbons (Fsp3) is 0.278. The van der Waals surface area contributed by atoms with E-state index < -0.39 is 0 Å². The van der Waals surface area contributed by atoms with Crippen molar-refractivity contribution < 1.29 is 9.53 Å². The van der Waals surface area contributed by atoms with E-state index in [2.05, 4.69) is 38.1 Å². The van der Waals surface area contributed by atoms with Gasteiger partial charge in [-0.05, 0) is 47.7 Å². The van der Waals surface area contributed by atoms with Crippen molar-refractivity contribution >= 4 is 17.6 Å². The molecule has 0 saturated carbocycles. The van der Waals surface area contributed by atoms with Gasteiger partial charge in [0.15, 0.2) is 0 Å². The zero-order valence-electron chi connectivity index (χ0n) is 12.3. The van der Waals surface area contributed by atoms with E-state index in [0.29, 0.717) is 29.5 Å². The molecule has 0 aliphatic carbocycles. The highest BCUT2D eigenvalue weighted by atomic mass is 35.5. The van der Waals surface area contributed by atoms with Crippen LogP contribution in [0.4, 0.5) is 0 Å². The summed E-state index contributed by atoms with van der Waals surface area (Å²) in [6.07, 6.45) is 1.05. The van der Waals surface area contributed by atoms with Gasteiger partial charge in [-0.25, -0.2) is 0 Å². The number of esters is 1. The normalized spacial score (nSPS) is 10.7. The lowest BCUT2D eigenvalue weighted by molar-refractivity contribution is -0.134. The molecule has 0 N–H and O–H groups in total. The van der Waals surface area contributed by atoms with Crippen molar-refractivity contribution in [3.8, 4) is 5.75 Å². The molecule has 0 fully saturated rings. The molecular formula is C18H19ClO2. The summed E-state index contributed by atoms with van der Waals surface area (Å²) in [5, 5.41) is 0.625. The highest BCUT2D eigenvalue weighted by Gasteiger charge is 2.06. The molecule has 0 radical (unpaired) electrons. The predicted molar refractivity (Wildman–Crippen MR) is 85.9 cm³/mol. The summed E-state index contributed by atoms with van der Waals surface area (Å²) in [6, 6.07) is 15.2. The first kappa shape index (κ1) is 15.6. The molecule has 0 heterocycles. The Kier molecular flexibility index (Phi) is 5.40. The van der Waals surface area contributed by atoms with Crippen molar-refractivity contribution in [3.63, 3.8) is 0 Å². The number of aryl methyl sites for hydroxylation is 1. The van der Waals surface area contributed by atoms with Gasteiger partial charge in [0.05, 0.1) is 0 Å². The van der Waals surface area contributed by atoms with E-state index >= 15 is 0 Å². The molecule has 0 aliphatic rings. The molecule has 0 spiro atoms. The highest BCUT2D eigenvalue weighted by Crippen LogP contribution is 2.17. The third-order valence-corrected chi connectivity index (χ3v) is 3.56. The Morgan fingerprint density at radius 1 is 1.05 bits per heavy atom. The lowest BCUT2D eigenvalue weighted by Gasteiger charge is -2.07. The molecule has 0 bridgehead atoms. The van der Waals surface area contributed by atoms with Gasteiger partial charge in [0.25, 0.3) is 0 Å². The maximum absolute atomic E-state index is 11.8. The predicted octanol–water partition coefficient (Wildman–Crippen LogP) is 5.00. The van der Waals surface area contributed by atoms with Crippen LogP contribution >= 0.6 is 11.6 Å². The van der Waals surface area contributed by atoms with Crippen molar-refractivity contribution in [1.82, 2.24) is 0 Å². The molecule has 21 heavy (non-hydrogen) atoms.